The predicted molar refractivity (Wildman–Crippen MR) is 87.3 cm³/mol. The van der Waals surface area contributed by atoms with Crippen molar-refractivity contribution in [2.45, 2.75) is 39.2 Å². The Morgan fingerprint density at radius 1 is 1.33 bits per heavy atom. The van der Waals surface area contributed by atoms with Gasteiger partial charge in [0.15, 0.2) is 0 Å². The lowest BCUT2D eigenvalue weighted by Crippen LogP contribution is -2.47. The molecule has 0 bridgehead atoms. The number of rotatable bonds is 5. The quantitative estimate of drug-likeness (QED) is 0.874. The van der Waals surface area contributed by atoms with Gasteiger partial charge in [0.2, 0.25) is 5.91 Å². The van der Waals surface area contributed by atoms with Crippen LogP contribution in [-0.2, 0) is 11.2 Å². The van der Waals surface area contributed by atoms with E-state index in [0.29, 0.717) is 25.0 Å². The van der Waals surface area contributed by atoms with Crippen LogP contribution in [0.4, 0.5) is 5.69 Å². The van der Waals surface area contributed by atoms with Gasteiger partial charge >= 0.3 is 0 Å². The zero-order valence-electron chi connectivity index (χ0n) is 13.1. The van der Waals surface area contributed by atoms with Crippen LogP contribution >= 0.6 is 0 Å². The zero-order valence-corrected chi connectivity index (χ0v) is 13.1. The van der Waals surface area contributed by atoms with Crippen LogP contribution in [0.1, 0.15) is 32.3 Å². The summed E-state index contributed by atoms with van der Waals surface area (Å²) in [6.07, 6.45) is 3.31. The van der Waals surface area contributed by atoms with Gasteiger partial charge in [0.1, 0.15) is 0 Å². The minimum absolute atomic E-state index is 0.0590. The Bertz CT molecular complexity index is 458. The average molecular weight is 289 g/mol. The molecule has 3 N–H and O–H groups in total. The van der Waals surface area contributed by atoms with Crippen molar-refractivity contribution in [1.29, 1.82) is 0 Å². The Hall–Kier alpha value is -1.39. The van der Waals surface area contributed by atoms with Crippen molar-refractivity contribution in [1.82, 2.24) is 4.90 Å². The molecule has 2 unspecified atom stereocenters. The lowest BCUT2D eigenvalue weighted by atomic mass is 9.93. The van der Waals surface area contributed by atoms with Crippen molar-refractivity contribution in [2.75, 3.05) is 25.0 Å². The van der Waals surface area contributed by atoms with E-state index in [9.17, 15) is 4.79 Å². The van der Waals surface area contributed by atoms with Gasteiger partial charge in [-0.15, -0.1) is 0 Å². The largest absolute Gasteiger partial charge is 0.330 e. The maximum Gasteiger partial charge on any atom is 0.238 e. The summed E-state index contributed by atoms with van der Waals surface area (Å²) in [5.74, 6) is 0.585. The standard InChI is InChI=1S/C17H27N3O/c1-3-14-6-8-16(9-7-14)19-17(21)12-20-11-15(10-18)5-4-13(20)2/h6-9,13,15H,3-5,10-12,18H2,1-2H3,(H,19,21). The second-order valence-corrected chi connectivity index (χ2v) is 6.06. The first-order chi connectivity index (χ1) is 10.1. The van der Waals surface area contributed by atoms with Gasteiger partial charge in [-0.1, -0.05) is 19.1 Å². The lowest BCUT2D eigenvalue weighted by Gasteiger charge is -2.37. The Morgan fingerprint density at radius 2 is 2.05 bits per heavy atom. The van der Waals surface area contributed by atoms with Crippen molar-refractivity contribution in [2.24, 2.45) is 11.7 Å². The average Bonchev–Trinajstić information content (AvgIpc) is 2.50. The highest BCUT2D eigenvalue weighted by molar-refractivity contribution is 5.92. The van der Waals surface area contributed by atoms with E-state index in [0.717, 1.165) is 25.1 Å². The molecule has 1 fully saturated rings. The summed E-state index contributed by atoms with van der Waals surface area (Å²) in [4.78, 5) is 14.4. The van der Waals surface area contributed by atoms with Crippen LogP contribution in [0, 0.1) is 5.92 Å². The van der Waals surface area contributed by atoms with E-state index >= 15 is 0 Å². The number of amides is 1. The fourth-order valence-electron chi connectivity index (χ4n) is 2.88. The van der Waals surface area contributed by atoms with Gasteiger partial charge in [-0.25, -0.2) is 0 Å². The monoisotopic (exact) mass is 289 g/mol. The molecule has 21 heavy (non-hydrogen) atoms. The summed E-state index contributed by atoms with van der Waals surface area (Å²) in [6, 6.07) is 8.52. The van der Waals surface area contributed by atoms with Crippen LogP contribution in [0.25, 0.3) is 0 Å². The minimum Gasteiger partial charge on any atom is -0.330 e. The van der Waals surface area contributed by atoms with Gasteiger partial charge in [-0.3, -0.25) is 9.69 Å². The Morgan fingerprint density at radius 3 is 2.67 bits per heavy atom. The van der Waals surface area contributed by atoms with E-state index in [2.05, 4.69) is 36.2 Å². The number of hydrogen-bond donors (Lipinski definition) is 2. The van der Waals surface area contributed by atoms with Gasteiger partial charge in [-0.05, 0) is 56.3 Å². The van der Waals surface area contributed by atoms with Crippen LogP contribution in [-0.4, -0.2) is 36.5 Å². The molecule has 1 aliphatic heterocycles. The zero-order chi connectivity index (χ0) is 15.2. The van der Waals surface area contributed by atoms with Crippen molar-refractivity contribution in [3.8, 4) is 0 Å². The van der Waals surface area contributed by atoms with E-state index in [1.54, 1.807) is 0 Å². The number of carbonyl (C=O) groups excluding carboxylic acids is 1. The topological polar surface area (TPSA) is 58.4 Å². The number of aryl methyl sites for hydroxylation is 1. The van der Waals surface area contributed by atoms with Gasteiger partial charge < -0.3 is 11.1 Å². The summed E-state index contributed by atoms with van der Waals surface area (Å²) in [5, 5.41) is 2.98. The maximum absolute atomic E-state index is 12.2. The highest BCUT2D eigenvalue weighted by atomic mass is 16.2. The summed E-state index contributed by atoms with van der Waals surface area (Å²) in [5.41, 5.74) is 7.92. The lowest BCUT2D eigenvalue weighted by molar-refractivity contribution is -0.118. The van der Waals surface area contributed by atoms with Crippen molar-refractivity contribution in [3.63, 3.8) is 0 Å². The number of benzene rings is 1. The van der Waals surface area contributed by atoms with Crippen molar-refractivity contribution < 1.29 is 4.79 Å². The normalized spacial score (nSPS) is 23.0. The van der Waals surface area contributed by atoms with Crippen LogP contribution in [0.2, 0.25) is 0 Å². The number of nitrogens with one attached hydrogen (secondary N) is 1. The molecule has 1 aromatic carbocycles. The van der Waals surface area contributed by atoms with Gasteiger partial charge in [0.05, 0.1) is 6.54 Å². The molecule has 0 spiro atoms. The smallest absolute Gasteiger partial charge is 0.238 e. The summed E-state index contributed by atoms with van der Waals surface area (Å²) >= 11 is 0. The number of hydrogen-bond acceptors (Lipinski definition) is 3. The number of nitrogens with zero attached hydrogens (tertiary/aromatic N) is 1. The molecule has 0 aliphatic carbocycles. The molecule has 1 amide bonds. The number of piperidine rings is 1. The molecule has 4 heteroatoms. The van der Waals surface area contributed by atoms with Crippen molar-refractivity contribution >= 4 is 11.6 Å². The third kappa shape index (κ3) is 4.55. The fraction of sp³-hybridized carbons (Fsp3) is 0.588. The van der Waals surface area contributed by atoms with Gasteiger partial charge in [0.25, 0.3) is 0 Å². The fourth-order valence-corrected chi connectivity index (χ4v) is 2.88. The molecular formula is C17H27N3O. The van der Waals surface area contributed by atoms with Gasteiger partial charge in [0, 0.05) is 18.3 Å². The van der Waals surface area contributed by atoms with Crippen LogP contribution < -0.4 is 11.1 Å². The molecule has 0 aromatic heterocycles. The molecule has 2 rings (SSSR count). The molecule has 1 aromatic rings. The second kappa shape index (κ2) is 7.57. The molecule has 4 nitrogen and oxygen atoms in total. The second-order valence-electron chi connectivity index (χ2n) is 6.06. The highest BCUT2D eigenvalue weighted by Crippen LogP contribution is 2.21. The first kappa shape index (κ1) is 16.0. The molecule has 2 atom stereocenters. The molecule has 1 heterocycles. The number of anilines is 1. The van der Waals surface area contributed by atoms with Crippen LogP contribution in [0.3, 0.4) is 0 Å². The van der Waals surface area contributed by atoms with Crippen LogP contribution in [0.5, 0.6) is 0 Å². The van der Waals surface area contributed by atoms with E-state index in [1.165, 1.54) is 12.0 Å². The maximum atomic E-state index is 12.2. The van der Waals surface area contributed by atoms with E-state index in [-0.39, 0.29) is 5.91 Å². The third-order valence-electron chi connectivity index (χ3n) is 4.43. The number of nitrogens with two attached hydrogens (primary N) is 1. The molecule has 0 saturated carbocycles. The molecule has 1 saturated heterocycles. The summed E-state index contributed by atoms with van der Waals surface area (Å²) in [7, 11) is 0. The highest BCUT2D eigenvalue weighted by Gasteiger charge is 2.25. The first-order valence-corrected chi connectivity index (χ1v) is 7.95. The summed E-state index contributed by atoms with van der Waals surface area (Å²) in [6.45, 7) is 6.41. The Labute approximate surface area is 127 Å². The molecular weight excluding hydrogens is 262 g/mol. The first-order valence-electron chi connectivity index (χ1n) is 7.95. The molecule has 116 valence electrons. The van der Waals surface area contributed by atoms with E-state index < -0.39 is 0 Å². The molecule has 0 radical (unpaired) electrons. The minimum atomic E-state index is 0.0590. The van der Waals surface area contributed by atoms with Gasteiger partial charge in [-0.2, -0.15) is 0 Å². The summed E-state index contributed by atoms with van der Waals surface area (Å²) < 4.78 is 0. The van der Waals surface area contributed by atoms with E-state index in [1.807, 2.05) is 12.1 Å². The van der Waals surface area contributed by atoms with Crippen LogP contribution in [0.15, 0.2) is 24.3 Å². The predicted octanol–water partition coefficient (Wildman–Crippen LogP) is 2.25. The Balaban J connectivity index is 1.87. The Kier molecular flexibility index (Phi) is 5.76. The number of likely N-dealkylation sites (tertiary alicyclic amines) is 1. The number of carbonyl (C=O) groups is 1. The molecule has 1 aliphatic rings. The third-order valence-corrected chi connectivity index (χ3v) is 4.43. The van der Waals surface area contributed by atoms with E-state index in [4.69, 9.17) is 5.73 Å². The van der Waals surface area contributed by atoms with Crippen molar-refractivity contribution in [3.05, 3.63) is 29.8 Å². The SMILES string of the molecule is CCc1ccc(NC(=O)CN2CC(CN)CCC2C)cc1.